The summed E-state index contributed by atoms with van der Waals surface area (Å²) in [5, 5.41) is 3.78. The van der Waals surface area contributed by atoms with Crippen molar-refractivity contribution in [2.75, 3.05) is 0 Å². The van der Waals surface area contributed by atoms with Crippen molar-refractivity contribution in [3.63, 3.8) is 0 Å². The molecule has 0 aliphatic carbocycles. The van der Waals surface area contributed by atoms with Gasteiger partial charge in [-0.05, 0) is 51.8 Å². The second kappa shape index (κ2) is 5.85. The van der Waals surface area contributed by atoms with Crippen LogP contribution in [0.25, 0.3) is 22.5 Å². The van der Waals surface area contributed by atoms with Gasteiger partial charge in [0.05, 0.1) is 0 Å². The minimum absolute atomic E-state index is 0.449. The van der Waals surface area contributed by atoms with Crippen molar-refractivity contribution in [2.45, 2.75) is 13.3 Å². The molecule has 106 valence electrons. The van der Waals surface area contributed by atoms with Gasteiger partial charge in [-0.15, -0.1) is 0 Å². The second-order valence-corrected chi connectivity index (χ2v) is 5.81. The van der Waals surface area contributed by atoms with Gasteiger partial charge in [0, 0.05) is 9.13 Å². The van der Waals surface area contributed by atoms with E-state index in [1.807, 2.05) is 24.3 Å². The fourth-order valence-electron chi connectivity index (χ4n) is 2.29. The van der Waals surface area contributed by atoms with E-state index in [0.29, 0.717) is 5.82 Å². The molecule has 0 atom stereocenters. The summed E-state index contributed by atoms with van der Waals surface area (Å²) < 4.78 is 5.84. The Hall–Kier alpha value is -1.89. The molecular weight excluding hydrogens is 379 g/mol. The topological polar surface area (TPSA) is 58.9 Å². The summed E-state index contributed by atoms with van der Waals surface area (Å²) in [7, 11) is 0. The summed E-state index contributed by atoms with van der Waals surface area (Å²) in [5.74, 6) is -0.0964. The van der Waals surface area contributed by atoms with Crippen LogP contribution in [0.2, 0.25) is 0 Å². The molecule has 0 saturated carbocycles. The number of halogens is 1. The molecule has 5 heteroatoms. The van der Waals surface area contributed by atoms with Crippen molar-refractivity contribution >= 4 is 22.6 Å². The predicted octanol–water partition coefficient (Wildman–Crippen LogP) is 3.86. The number of hydrogen-bond acceptors (Lipinski definition) is 3. The van der Waals surface area contributed by atoms with E-state index in [1.54, 1.807) is 0 Å². The van der Waals surface area contributed by atoms with E-state index < -0.39 is 5.76 Å². The average Bonchev–Trinajstić information content (AvgIpc) is 2.93. The Kier molecular flexibility index (Phi) is 3.92. The summed E-state index contributed by atoms with van der Waals surface area (Å²) >= 11 is 2.35. The zero-order valence-corrected chi connectivity index (χ0v) is 13.5. The SMILES string of the molecule is CCc1ccc(-c2ccccc2-c2noc(=O)[nH]2)cc1I. The van der Waals surface area contributed by atoms with Crippen molar-refractivity contribution in [3.05, 3.63) is 62.1 Å². The fraction of sp³-hybridized carbons (Fsp3) is 0.125. The lowest BCUT2D eigenvalue weighted by Crippen LogP contribution is -1.95. The zero-order chi connectivity index (χ0) is 14.8. The first-order valence-corrected chi connectivity index (χ1v) is 7.71. The number of benzene rings is 2. The van der Waals surface area contributed by atoms with Crippen molar-refractivity contribution < 1.29 is 4.52 Å². The van der Waals surface area contributed by atoms with E-state index in [0.717, 1.165) is 23.1 Å². The van der Waals surface area contributed by atoms with Crippen LogP contribution in [-0.4, -0.2) is 10.1 Å². The van der Waals surface area contributed by atoms with Crippen molar-refractivity contribution in [3.8, 4) is 22.5 Å². The van der Waals surface area contributed by atoms with Gasteiger partial charge in [-0.1, -0.05) is 48.5 Å². The van der Waals surface area contributed by atoms with Gasteiger partial charge in [-0.2, -0.15) is 0 Å². The van der Waals surface area contributed by atoms with Gasteiger partial charge in [0.2, 0.25) is 0 Å². The molecule has 3 aromatic rings. The number of aromatic nitrogens is 2. The third-order valence-electron chi connectivity index (χ3n) is 3.37. The van der Waals surface area contributed by atoms with E-state index in [4.69, 9.17) is 0 Å². The summed E-state index contributed by atoms with van der Waals surface area (Å²) in [6.07, 6.45) is 1.01. The van der Waals surface area contributed by atoms with Gasteiger partial charge in [0.25, 0.3) is 0 Å². The van der Waals surface area contributed by atoms with Crippen LogP contribution in [0, 0.1) is 3.57 Å². The molecule has 0 radical (unpaired) electrons. The van der Waals surface area contributed by atoms with Gasteiger partial charge in [-0.3, -0.25) is 9.51 Å². The number of nitrogens with zero attached hydrogens (tertiary/aromatic N) is 1. The first-order valence-electron chi connectivity index (χ1n) is 6.63. The van der Waals surface area contributed by atoms with Gasteiger partial charge >= 0.3 is 5.76 Å². The largest absolute Gasteiger partial charge is 0.439 e. The maximum absolute atomic E-state index is 11.2. The Balaban J connectivity index is 2.15. The number of aromatic amines is 1. The van der Waals surface area contributed by atoms with Crippen LogP contribution in [0.3, 0.4) is 0 Å². The van der Waals surface area contributed by atoms with Crippen LogP contribution >= 0.6 is 22.6 Å². The lowest BCUT2D eigenvalue weighted by molar-refractivity contribution is 0.388. The number of rotatable bonds is 3. The highest BCUT2D eigenvalue weighted by Gasteiger charge is 2.12. The number of aryl methyl sites for hydroxylation is 1. The molecule has 1 aromatic heterocycles. The Bertz CT molecular complexity index is 836. The molecule has 3 rings (SSSR count). The summed E-state index contributed by atoms with van der Waals surface area (Å²) in [6, 6.07) is 14.2. The van der Waals surface area contributed by atoms with E-state index in [1.165, 1.54) is 9.13 Å². The molecule has 0 spiro atoms. The molecule has 21 heavy (non-hydrogen) atoms. The third kappa shape index (κ3) is 2.78. The second-order valence-electron chi connectivity index (χ2n) is 4.65. The molecule has 0 fully saturated rings. The molecule has 0 aliphatic rings. The minimum Gasteiger partial charge on any atom is -0.296 e. The molecule has 0 unspecified atom stereocenters. The van der Waals surface area contributed by atoms with Crippen molar-refractivity contribution in [1.29, 1.82) is 0 Å². The normalized spacial score (nSPS) is 10.8. The van der Waals surface area contributed by atoms with Crippen molar-refractivity contribution in [2.24, 2.45) is 0 Å². The summed E-state index contributed by atoms with van der Waals surface area (Å²) in [4.78, 5) is 13.8. The van der Waals surface area contributed by atoms with E-state index in [-0.39, 0.29) is 0 Å². The number of hydrogen-bond donors (Lipinski definition) is 1. The molecule has 4 nitrogen and oxygen atoms in total. The Morgan fingerprint density at radius 1 is 1.19 bits per heavy atom. The summed E-state index contributed by atoms with van der Waals surface area (Å²) in [5.41, 5.74) is 4.29. The van der Waals surface area contributed by atoms with Crippen LogP contribution in [0.5, 0.6) is 0 Å². The lowest BCUT2D eigenvalue weighted by Gasteiger charge is -2.09. The molecular formula is C16H13IN2O2. The first kappa shape index (κ1) is 14.1. The third-order valence-corrected chi connectivity index (χ3v) is 4.37. The monoisotopic (exact) mass is 392 g/mol. The highest BCUT2D eigenvalue weighted by molar-refractivity contribution is 14.1. The smallest absolute Gasteiger partial charge is 0.296 e. The highest BCUT2D eigenvalue weighted by Crippen LogP contribution is 2.31. The van der Waals surface area contributed by atoms with Gasteiger partial charge in [-0.25, -0.2) is 4.79 Å². The molecule has 0 amide bonds. The fourth-order valence-corrected chi connectivity index (χ4v) is 3.19. The van der Waals surface area contributed by atoms with Crippen LogP contribution in [0.4, 0.5) is 0 Å². The Morgan fingerprint density at radius 3 is 2.57 bits per heavy atom. The molecule has 2 aromatic carbocycles. The van der Waals surface area contributed by atoms with E-state index >= 15 is 0 Å². The van der Waals surface area contributed by atoms with Gasteiger partial charge in [0.15, 0.2) is 5.82 Å². The zero-order valence-electron chi connectivity index (χ0n) is 11.4. The number of H-pyrrole nitrogens is 1. The highest BCUT2D eigenvalue weighted by atomic mass is 127. The van der Waals surface area contributed by atoms with Crippen LogP contribution in [-0.2, 0) is 6.42 Å². The van der Waals surface area contributed by atoms with Crippen LogP contribution in [0.1, 0.15) is 12.5 Å². The molecule has 0 bridgehead atoms. The Morgan fingerprint density at radius 2 is 1.95 bits per heavy atom. The lowest BCUT2D eigenvalue weighted by atomic mass is 9.98. The average molecular weight is 392 g/mol. The number of nitrogens with one attached hydrogen (secondary N) is 1. The molecule has 0 aliphatic heterocycles. The van der Waals surface area contributed by atoms with Crippen LogP contribution in [0.15, 0.2) is 51.8 Å². The van der Waals surface area contributed by atoms with E-state index in [2.05, 4.69) is 62.4 Å². The first-order chi connectivity index (χ1) is 10.2. The maximum Gasteiger partial charge on any atom is 0.439 e. The maximum atomic E-state index is 11.2. The molecule has 1 N–H and O–H groups in total. The van der Waals surface area contributed by atoms with Crippen molar-refractivity contribution in [1.82, 2.24) is 10.1 Å². The van der Waals surface area contributed by atoms with Crippen LogP contribution < -0.4 is 5.76 Å². The van der Waals surface area contributed by atoms with E-state index in [9.17, 15) is 4.79 Å². The molecule has 0 saturated heterocycles. The molecule has 1 heterocycles. The summed E-state index contributed by atoms with van der Waals surface area (Å²) in [6.45, 7) is 2.14. The minimum atomic E-state index is -0.546. The standard InChI is InChI=1S/C16H13IN2O2/c1-2-10-7-8-11(9-14(10)17)12-5-3-4-6-13(12)15-18-16(20)21-19-15/h3-9H,2H2,1H3,(H,18,19,20). The van der Waals surface area contributed by atoms with Gasteiger partial charge < -0.3 is 0 Å². The Labute approximate surface area is 135 Å². The predicted molar refractivity (Wildman–Crippen MR) is 90.1 cm³/mol. The quantitative estimate of drug-likeness (QED) is 0.689. The van der Waals surface area contributed by atoms with Gasteiger partial charge in [0.1, 0.15) is 0 Å².